The van der Waals surface area contributed by atoms with Gasteiger partial charge in [-0.15, -0.1) is 0 Å². The minimum Gasteiger partial charge on any atom is -0.449 e. The molecular weight excluding hydrogens is 408 g/mol. The van der Waals surface area contributed by atoms with Crippen LogP contribution in [-0.2, 0) is 10.2 Å². The average Bonchev–Trinajstić information content (AvgIpc) is 3.11. The second kappa shape index (κ2) is 9.53. The molecule has 4 heteroatoms. The minimum atomic E-state index is -0.389. The predicted octanol–water partition coefficient (Wildman–Crippen LogP) is 6.51. The molecule has 170 valence electrons. The molecule has 0 radical (unpaired) electrons. The Morgan fingerprint density at radius 3 is 2.27 bits per heavy atom. The third-order valence-corrected chi connectivity index (χ3v) is 6.17. The summed E-state index contributed by atoms with van der Waals surface area (Å²) in [6.45, 7) is 7.39. The van der Waals surface area contributed by atoms with Crippen LogP contribution >= 0.6 is 0 Å². The normalized spacial score (nSPS) is 13.1. The fraction of sp³-hybridized carbons (Fsp3) is 0.276. The molecule has 1 aliphatic carbocycles. The number of alkyl carbamates (subject to hydrolysis) is 1. The molecule has 0 bridgehead atoms. The molecule has 3 N–H and O–H groups in total. The minimum absolute atomic E-state index is 0.0705. The number of rotatable bonds is 6. The number of hydrogen-bond acceptors (Lipinski definition) is 3. The number of fused-ring (bicyclic) bond motifs is 3. The molecule has 3 aromatic carbocycles. The van der Waals surface area contributed by atoms with E-state index in [9.17, 15) is 4.79 Å². The highest BCUT2D eigenvalue weighted by Gasteiger charge is 2.28. The lowest BCUT2D eigenvalue weighted by molar-refractivity contribution is 0.143. The summed E-state index contributed by atoms with van der Waals surface area (Å²) in [6.07, 6.45) is 4.36. The van der Waals surface area contributed by atoms with E-state index in [1.165, 1.54) is 27.8 Å². The molecule has 3 aromatic rings. The van der Waals surface area contributed by atoms with Gasteiger partial charge in [0.1, 0.15) is 6.61 Å². The van der Waals surface area contributed by atoms with Crippen molar-refractivity contribution in [1.29, 1.82) is 0 Å². The third-order valence-electron chi connectivity index (χ3n) is 6.17. The van der Waals surface area contributed by atoms with Crippen molar-refractivity contribution in [3.8, 4) is 11.1 Å². The second-order valence-electron chi connectivity index (χ2n) is 9.54. The molecule has 0 atom stereocenters. The number of nitrogens with one attached hydrogen (secondary N) is 1. The van der Waals surface area contributed by atoms with Crippen LogP contribution < -0.4 is 11.1 Å². The summed E-state index contributed by atoms with van der Waals surface area (Å²) >= 11 is 0. The Morgan fingerprint density at radius 2 is 1.64 bits per heavy atom. The van der Waals surface area contributed by atoms with Crippen LogP contribution in [0.15, 0.2) is 72.8 Å². The zero-order valence-corrected chi connectivity index (χ0v) is 19.6. The summed E-state index contributed by atoms with van der Waals surface area (Å²) in [6, 6.07) is 22.8. The Hall–Kier alpha value is -3.53. The quantitative estimate of drug-likeness (QED) is 0.339. The van der Waals surface area contributed by atoms with Crippen molar-refractivity contribution in [2.24, 2.45) is 0 Å². The molecule has 1 amide bonds. The number of carbonyl (C=O) groups excluding carboxylic acids is 1. The first-order valence-electron chi connectivity index (χ1n) is 11.5. The van der Waals surface area contributed by atoms with E-state index in [1.807, 2.05) is 42.5 Å². The summed E-state index contributed by atoms with van der Waals surface area (Å²) < 4.78 is 5.58. The maximum absolute atomic E-state index is 12.3. The Balaban J connectivity index is 1.28. The highest BCUT2D eigenvalue weighted by Crippen LogP contribution is 2.44. The molecule has 0 unspecified atom stereocenters. The fourth-order valence-electron chi connectivity index (χ4n) is 4.30. The van der Waals surface area contributed by atoms with E-state index >= 15 is 0 Å². The van der Waals surface area contributed by atoms with Crippen molar-refractivity contribution in [3.63, 3.8) is 0 Å². The van der Waals surface area contributed by atoms with Gasteiger partial charge in [0.25, 0.3) is 0 Å². The van der Waals surface area contributed by atoms with Crippen LogP contribution in [0.4, 0.5) is 10.5 Å². The third kappa shape index (κ3) is 5.11. The molecule has 0 saturated carbocycles. The van der Waals surface area contributed by atoms with E-state index in [4.69, 9.17) is 10.5 Å². The second-order valence-corrected chi connectivity index (χ2v) is 9.54. The molecule has 0 heterocycles. The molecule has 33 heavy (non-hydrogen) atoms. The fourth-order valence-corrected chi connectivity index (χ4v) is 4.30. The molecule has 4 nitrogen and oxygen atoms in total. The van der Waals surface area contributed by atoms with E-state index in [2.05, 4.69) is 62.5 Å². The smallest absolute Gasteiger partial charge is 0.407 e. The summed E-state index contributed by atoms with van der Waals surface area (Å²) in [4.78, 5) is 12.3. The Morgan fingerprint density at radius 1 is 1.00 bits per heavy atom. The number of hydrogen-bond donors (Lipinski definition) is 2. The van der Waals surface area contributed by atoms with Crippen LogP contribution in [0, 0.1) is 0 Å². The van der Waals surface area contributed by atoms with Crippen LogP contribution in [0.2, 0.25) is 0 Å². The van der Waals surface area contributed by atoms with Gasteiger partial charge in [-0.2, -0.15) is 0 Å². The van der Waals surface area contributed by atoms with Crippen molar-refractivity contribution in [3.05, 3.63) is 95.1 Å². The van der Waals surface area contributed by atoms with Gasteiger partial charge in [-0.3, -0.25) is 0 Å². The van der Waals surface area contributed by atoms with Gasteiger partial charge >= 0.3 is 6.09 Å². The monoisotopic (exact) mass is 440 g/mol. The van der Waals surface area contributed by atoms with Crippen LogP contribution in [0.25, 0.3) is 17.2 Å². The molecule has 4 rings (SSSR count). The molecule has 0 aliphatic heterocycles. The van der Waals surface area contributed by atoms with Gasteiger partial charge in [0, 0.05) is 18.2 Å². The maximum Gasteiger partial charge on any atom is 0.407 e. The number of nitrogens with two attached hydrogens (primary N) is 1. The van der Waals surface area contributed by atoms with E-state index < -0.39 is 0 Å². The number of anilines is 1. The first-order valence-corrected chi connectivity index (χ1v) is 11.5. The van der Waals surface area contributed by atoms with Gasteiger partial charge in [-0.05, 0) is 57.3 Å². The molecule has 1 aliphatic rings. The lowest BCUT2D eigenvalue weighted by Crippen LogP contribution is -2.26. The number of carbonyl (C=O) groups is 1. The lowest BCUT2D eigenvalue weighted by atomic mass is 9.86. The highest BCUT2D eigenvalue weighted by molar-refractivity contribution is 5.79. The first-order chi connectivity index (χ1) is 15.8. The van der Waals surface area contributed by atoms with E-state index in [1.54, 1.807) is 0 Å². The van der Waals surface area contributed by atoms with Gasteiger partial charge in [-0.25, -0.2) is 4.79 Å². The van der Waals surface area contributed by atoms with Gasteiger partial charge < -0.3 is 15.8 Å². The van der Waals surface area contributed by atoms with Crippen LogP contribution in [0.5, 0.6) is 0 Å². The van der Waals surface area contributed by atoms with E-state index in [0.29, 0.717) is 19.6 Å². The summed E-state index contributed by atoms with van der Waals surface area (Å²) in [5.41, 5.74) is 14.1. The Bertz CT molecular complexity index is 1130. The zero-order valence-electron chi connectivity index (χ0n) is 19.6. The lowest BCUT2D eigenvalue weighted by Gasteiger charge is -2.20. The molecular formula is C29H32N2O2. The average molecular weight is 441 g/mol. The van der Waals surface area contributed by atoms with Crippen LogP contribution in [-0.4, -0.2) is 19.2 Å². The Labute approximate surface area is 196 Å². The predicted molar refractivity (Wildman–Crippen MR) is 136 cm³/mol. The van der Waals surface area contributed by atoms with E-state index in [0.717, 1.165) is 11.3 Å². The maximum atomic E-state index is 12.3. The van der Waals surface area contributed by atoms with Gasteiger partial charge in [0.2, 0.25) is 0 Å². The van der Waals surface area contributed by atoms with Crippen LogP contribution in [0.1, 0.15) is 55.4 Å². The van der Waals surface area contributed by atoms with Crippen molar-refractivity contribution in [2.75, 3.05) is 18.9 Å². The van der Waals surface area contributed by atoms with Crippen molar-refractivity contribution in [1.82, 2.24) is 5.32 Å². The summed E-state index contributed by atoms with van der Waals surface area (Å²) in [5, 5.41) is 2.85. The number of nitrogen functional groups attached to an aromatic ring is 1. The van der Waals surface area contributed by atoms with E-state index in [-0.39, 0.29) is 17.4 Å². The van der Waals surface area contributed by atoms with Crippen LogP contribution in [0.3, 0.4) is 0 Å². The molecule has 0 aromatic heterocycles. The topological polar surface area (TPSA) is 64.3 Å². The van der Waals surface area contributed by atoms with Crippen molar-refractivity contribution < 1.29 is 9.53 Å². The molecule has 0 saturated heterocycles. The summed E-state index contributed by atoms with van der Waals surface area (Å²) in [5.74, 6) is 0.0705. The summed E-state index contributed by atoms with van der Waals surface area (Å²) in [7, 11) is 0. The van der Waals surface area contributed by atoms with Crippen molar-refractivity contribution >= 4 is 17.9 Å². The number of amides is 1. The first kappa shape index (κ1) is 22.7. The van der Waals surface area contributed by atoms with Gasteiger partial charge in [-0.1, -0.05) is 87.5 Å². The van der Waals surface area contributed by atoms with Gasteiger partial charge in [0.05, 0.1) is 0 Å². The SMILES string of the molecule is CC(C)(C)c1ccc(N)c(C=CCCNC(=O)OCC2c3ccccc3-c3ccccc32)c1. The van der Waals surface area contributed by atoms with Crippen molar-refractivity contribution in [2.45, 2.75) is 38.5 Å². The highest BCUT2D eigenvalue weighted by atomic mass is 16.5. The number of ether oxygens (including phenoxy) is 1. The standard InChI is InChI=1S/C29H32N2O2/c1-29(2,3)21-15-16-27(30)20(18-21)10-8-9-17-31-28(32)33-19-26-24-13-6-4-11-22(24)23-12-5-7-14-25(23)26/h4-8,10-16,18,26H,9,17,19,30H2,1-3H3,(H,31,32). The Kier molecular flexibility index (Phi) is 6.55. The van der Waals surface area contributed by atoms with Gasteiger partial charge in [0.15, 0.2) is 0 Å². The largest absolute Gasteiger partial charge is 0.449 e. The zero-order chi connectivity index (χ0) is 23.4. The molecule has 0 spiro atoms. The molecule has 0 fully saturated rings. The number of benzene rings is 3.